The number of nitrogens with zero attached hydrogens (tertiary/aromatic N) is 2. The molecule has 0 unspecified atom stereocenters. The van der Waals surface area contributed by atoms with Gasteiger partial charge in [0.15, 0.2) is 0 Å². The summed E-state index contributed by atoms with van der Waals surface area (Å²) in [5.74, 6) is -0.544. The number of esters is 1. The summed E-state index contributed by atoms with van der Waals surface area (Å²) in [7, 11) is 1.32. The molecule has 20 heavy (non-hydrogen) atoms. The molecule has 0 radical (unpaired) electrons. The first-order valence-corrected chi connectivity index (χ1v) is 7.06. The highest BCUT2D eigenvalue weighted by Crippen LogP contribution is 2.32. The average Bonchev–Trinajstić information content (AvgIpc) is 2.72. The predicted molar refractivity (Wildman–Crippen MR) is 80.7 cm³/mol. The van der Waals surface area contributed by atoms with Gasteiger partial charge in [0, 0.05) is 18.9 Å². The molecule has 0 spiro atoms. The number of hydrogen-bond acceptors (Lipinski definition) is 6. The van der Waals surface area contributed by atoms with Gasteiger partial charge in [0.05, 0.1) is 18.4 Å². The quantitative estimate of drug-likeness (QED) is 0.480. The lowest BCUT2D eigenvalue weighted by Crippen LogP contribution is -2.30. The van der Waals surface area contributed by atoms with Crippen molar-refractivity contribution in [2.24, 2.45) is 0 Å². The van der Waals surface area contributed by atoms with Crippen LogP contribution in [0.25, 0.3) is 6.08 Å². The van der Waals surface area contributed by atoms with Crippen LogP contribution < -0.4 is 0 Å². The standard InChI is InChI=1S/C13H12N2O3S2/c1-18-11(16)4-7-15-12(17)10(20-13(15)19)8-9-2-5-14-6-3-9/h2-3,5-6,8H,4,7H2,1H3. The van der Waals surface area contributed by atoms with Crippen LogP contribution in [0.4, 0.5) is 0 Å². The molecule has 2 rings (SSSR count). The van der Waals surface area contributed by atoms with Crippen molar-refractivity contribution in [3.05, 3.63) is 35.0 Å². The van der Waals surface area contributed by atoms with Gasteiger partial charge < -0.3 is 4.74 Å². The number of aromatic nitrogens is 1. The normalized spacial score (nSPS) is 16.9. The summed E-state index contributed by atoms with van der Waals surface area (Å²) in [6.45, 7) is 0.241. The van der Waals surface area contributed by atoms with Crippen LogP contribution in [0.2, 0.25) is 0 Å². The molecule has 5 nitrogen and oxygen atoms in total. The summed E-state index contributed by atoms with van der Waals surface area (Å²) in [6.07, 6.45) is 5.21. The lowest BCUT2D eigenvalue weighted by Gasteiger charge is -2.12. The maximum absolute atomic E-state index is 12.2. The number of carbonyl (C=O) groups is 2. The minimum absolute atomic E-state index is 0.130. The summed E-state index contributed by atoms with van der Waals surface area (Å²) in [4.78, 5) is 29.2. The van der Waals surface area contributed by atoms with Crippen molar-refractivity contribution in [3.63, 3.8) is 0 Å². The number of rotatable bonds is 4. The molecule has 1 aliphatic rings. The van der Waals surface area contributed by atoms with Crippen molar-refractivity contribution in [2.75, 3.05) is 13.7 Å². The fraction of sp³-hybridized carbons (Fsp3) is 0.231. The van der Waals surface area contributed by atoms with E-state index in [1.165, 1.54) is 23.8 Å². The molecule has 1 saturated heterocycles. The third-order valence-corrected chi connectivity index (χ3v) is 4.02. The van der Waals surface area contributed by atoms with Gasteiger partial charge in [-0.25, -0.2) is 0 Å². The second-order valence-electron chi connectivity index (χ2n) is 3.94. The van der Waals surface area contributed by atoms with E-state index in [1.54, 1.807) is 30.6 Å². The molecule has 1 aliphatic heterocycles. The molecular weight excluding hydrogens is 296 g/mol. The van der Waals surface area contributed by atoms with Crippen LogP contribution in [0.3, 0.4) is 0 Å². The number of carbonyl (C=O) groups excluding carboxylic acids is 2. The van der Waals surface area contributed by atoms with Crippen molar-refractivity contribution in [3.8, 4) is 0 Å². The second kappa shape index (κ2) is 6.62. The predicted octanol–water partition coefficient (Wildman–Crippen LogP) is 1.85. The maximum atomic E-state index is 12.2. The van der Waals surface area contributed by atoms with E-state index in [1.807, 2.05) is 0 Å². The van der Waals surface area contributed by atoms with Crippen LogP contribution in [-0.2, 0) is 14.3 Å². The van der Waals surface area contributed by atoms with E-state index < -0.39 is 0 Å². The Kier molecular flexibility index (Phi) is 4.86. The maximum Gasteiger partial charge on any atom is 0.307 e. The molecule has 0 aromatic carbocycles. The summed E-state index contributed by atoms with van der Waals surface area (Å²) in [6, 6.07) is 3.61. The minimum atomic E-state index is -0.364. The zero-order valence-electron chi connectivity index (χ0n) is 10.7. The van der Waals surface area contributed by atoms with E-state index in [2.05, 4.69) is 9.72 Å². The van der Waals surface area contributed by atoms with E-state index in [9.17, 15) is 9.59 Å². The first-order chi connectivity index (χ1) is 9.61. The van der Waals surface area contributed by atoms with Gasteiger partial charge >= 0.3 is 5.97 Å². The molecule has 0 saturated carbocycles. The Morgan fingerprint density at radius 2 is 2.20 bits per heavy atom. The minimum Gasteiger partial charge on any atom is -0.469 e. The zero-order valence-corrected chi connectivity index (χ0v) is 12.4. The van der Waals surface area contributed by atoms with E-state index in [4.69, 9.17) is 12.2 Å². The molecule has 1 aromatic rings. The van der Waals surface area contributed by atoms with Crippen molar-refractivity contribution in [1.82, 2.24) is 9.88 Å². The van der Waals surface area contributed by atoms with Gasteiger partial charge in [-0.05, 0) is 23.8 Å². The van der Waals surface area contributed by atoms with Crippen LogP contribution in [0.5, 0.6) is 0 Å². The van der Waals surface area contributed by atoms with Crippen LogP contribution >= 0.6 is 24.0 Å². The molecule has 0 atom stereocenters. The molecule has 1 amide bonds. The van der Waals surface area contributed by atoms with Gasteiger partial charge in [0.25, 0.3) is 5.91 Å². The molecule has 0 bridgehead atoms. The average molecular weight is 308 g/mol. The topological polar surface area (TPSA) is 59.5 Å². The monoisotopic (exact) mass is 308 g/mol. The van der Waals surface area contributed by atoms with Crippen LogP contribution in [0.1, 0.15) is 12.0 Å². The van der Waals surface area contributed by atoms with Gasteiger partial charge in [-0.15, -0.1) is 0 Å². The Morgan fingerprint density at radius 3 is 2.85 bits per heavy atom. The summed E-state index contributed by atoms with van der Waals surface area (Å²) >= 11 is 6.39. The first-order valence-electron chi connectivity index (χ1n) is 5.84. The number of amides is 1. The number of pyridine rings is 1. The number of methoxy groups -OCH3 is 1. The fourth-order valence-corrected chi connectivity index (χ4v) is 2.92. The molecule has 2 heterocycles. The lowest BCUT2D eigenvalue weighted by atomic mass is 10.2. The molecule has 0 aliphatic carbocycles. The van der Waals surface area contributed by atoms with E-state index >= 15 is 0 Å². The fourth-order valence-electron chi connectivity index (χ4n) is 1.61. The number of ether oxygens (including phenoxy) is 1. The molecule has 1 aromatic heterocycles. The summed E-state index contributed by atoms with van der Waals surface area (Å²) in [5, 5.41) is 0. The van der Waals surface area contributed by atoms with E-state index in [0.717, 1.165) is 5.56 Å². The Hall–Kier alpha value is -1.73. The zero-order chi connectivity index (χ0) is 14.5. The van der Waals surface area contributed by atoms with Crippen LogP contribution in [-0.4, -0.2) is 39.7 Å². The SMILES string of the molecule is COC(=O)CCN1C(=O)C(=Cc2ccncc2)SC1=S. The number of thiocarbonyl (C=S) groups is 1. The Balaban J connectivity index is 2.09. The molecule has 1 fully saturated rings. The Labute approximate surface area is 126 Å². The van der Waals surface area contributed by atoms with E-state index in [-0.39, 0.29) is 24.8 Å². The van der Waals surface area contributed by atoms with Gasteiger partial charge in [-0.1, -0.05) is 24.0 Å². The van der Waals surface area contributed by atoms with E-state index in [0.29, 0.717) is 9.23 Å². The van der Waals surface area contributed by atoms with Gasteiger partial charge in [0.2, 0.25) is 0 Å². The first kappa shape index (κ1) is 14.7. The molecule has 0 N–H and O–H groups in total. The number of thioether (sulfide) groups is 1. The summed E-state index contributed by atoms with van der Waals surface area (Å²) < 4.78 is 5.01. The highest BCUT2D eigenvalue weighted by Gasteiger charge is 2.32. The van der Waals surface area contributed by atoms with Crippen molar-refractivity contribution in [2.45, 2.75) is 6.42 Å². The Bertz CT molecular complexity index is 572. The van der Waals surface area contributed by atoms with Gasteiger partial charge in [0.1, 0.15) is 4.32 Å². The third-order valence-electron chi connectivity index (χ3n) is 2.64. The molecule has 7 heteroatoms. The highest BCUT2D eigenvalue weighted by atomic mass is 32.2. The van der Waals surface area contributed by atoms with Gasteiger partial charge in [-0.3, -0.25) is 19.5 Å². The van der Waals surface area contributed by atoms with Crippen molar-refractivity contribution < 1.29 is 14.3 Å². The van der Waals surface area contributed by atoms with Crippen molar-refractivity contribution >= 4 is 46.3 Å². The largest absolute Gasteiger partial charge is 0.469 e. The van der Waals surface area contributed by atoms with Crippen LogP contribution in [0, 0.1) is 0 Å². The smallest absolute Gasteiger partial charge is 0.307 e. The van der Waals surface area contributed by atoms with Crippen LogP contribution in [0.15, 0.2) is 29.4 Å². The Morgan fingerprint density at radius 1 is 1.50 bits per heavy atom. The molecule has 104 valence electrons. The van der Waals surface area contributed by atoms with Crippen molar-refractivity contribution in [1.29, 1.82) is 0 Å². The number of hydrogen-bond donors (Lipinski definition) is 0. The molecular formula is C13H12N2O3S2. The third kappa shape index (κ3) is 3.43. The second-order valence-corrected chi connectivity index (χ2v) is 5.62. The highest BCUT2D eigenvalue weighted by molar-refractivity contribution is 8.26. The lowest BCUT2D eigenvalue weighted by molar-refractivity contribution is -0.140. The summed E-state index contributed by atoms with van der Waals surface area (Å²) in [5.41, 5.74) is 0.883. The van der Waals surface area contributed by atoms with Gasteiger partial charge in [-0.2, -0.15) is 0 Å².